The first-order valence-corrected chi connectivity index (χ1v) is 5.85. The minimum atomic E-state index is -0.633. The highest BCUT2D eigenvalue weighted by Gasteiger charge is 2.15. The van der Waals surface area contributed by atoms with Crippen LogP contribution in [0.15, 0.2) is 48.5 Å². The maximum Gasteiger partial charge on any atom is 0.250 e. The van der Waals surface area contributed by atoms with Crippen molar-refractivity contribution in [3.05, 3.63) is 65.2 Å². The Labute approximate surface area is 111 Å². The second kappa shape index (κ2) is 5.35. The van der Waals surface area contributed by atoms with E-state index in [2.05, 4.69) is 0 Å². The molecule has 19 heavy (non-hydrogen) atoms. The Morgan fingerprint density at radius 3 is 2.16 bits per heavy atom. The molecule has 4 N–H and O–H groups in total. The van der Waals surface area contributed by atoms with Crippen molar-refractivity contribution in [3.63, 3.8) is 0 Å². The molecule has 0 saturated heterocycles. The number of nitrogens with two attached hydrogens (primary N) is 2. The van der Waals surface area contributed by atoms with Gasteiger partial charge in [0, 0.05) is 12.0 Å². The van der Waals surface area contributed by atoms with E-state index in [4.69, 9.17) is 11.5 Å². The van der Waals surface area contributed by atoms with Crippen molar-refractivity contribution in [3.8, 4) is 0 Å². The van der Waals surface area contributed by atoms with Crippen LogP contribution in [0.5, 0.6) is 0 Å². The van der Waals surface area contributed by atoms with Gasteiger partial charge in [0.1, 0.15) is 0 Å². The number of hydrogen-bond donors (Lipinski definition) is 2. The van der Waals surface area contributed by atoms with Crippen LogP contribution >= 0.6 is 0 Å². The second-order valence-corrected chi connectivity index (χ2v) is 4.22. The molecule has 4 heteroatoms. The first kappa shape index (κ1) is 12.8. The number of primary amides is 1. The molecule has 0 saturated carbocycles. The lowest BCUT2D eigenvalue weighted by molar-refractivity contribution is 0.0993. The van der Waals surface area contributed by atoms with E-state index >= 15 is 0 Å². The fourth-order valence-electron chi connectivity index (χ4n) is 1.90. The van der Waals surface area contributed by atoms with Crippen molar-refractivity contribution in [2.24, 2.45) is 5.73 Å². The number of carbonyl (C=O) groups is 2. The van der Waals surface area contributed by atoms with Crippen LogP contribution < -0.4 is 11.5 Å². The highest BCUT2D eigenvalue weighted by molar-refractivity contribution is 6.08. The van der Waals surface area contributed by atoms with Crippen molar-refractivity contribution < 1.29 is 9.59 Å². The Hall–Kier alpha value is -2.62. The largest absolute Gasteiger partial charge is 0.397 e. The zero-order valence-electron chi connectivity index (χ0n) is 10.3. The van der Waals surface area contributed by atoms with Gasteiger partial charge < -0.3 is 11.5 Å². The van der Waals surface area contributed by atoms with Gasteiger partial charge in [-0.1, -0.05) is 36.4 Å². The highest BCUT2D eigenvalue weighted by Crippen LogP contribution is 2.19. The Bertz CT molecular complexity index is 621. The molecule has 0 fully saturated rings. The fraction of sp³-hybridized carbons (Fsp3) is 0.0667. The number of Topliss-reactive ketones (excluding diaryl/α,β-unsaturated/α-hetero) is 1. The molecule has 0 spiro atoms. The molecule has 0 aliphatic rings. The van der Waals surface area contributed by atoms with E-state index in [9.17, 15) is 9.59 Å². The van der Waals surface area contributed by atoms with Gasteiger partial charge in [0.15, 0.2) is 5.78 Å². The number of ketones is 1. The molecule has 0 radical (unpaired) electrons. The van der Waals surface area contributed by atoms with Gasteiger partial charge in [-0.2, -0.15) is 0 Å². The zero-order valence-corrected chi connectivity index (χ0v) is 10.3. The van der Waals surface area contributed by atoms with E-state index in [1.54, 1.807) is 12.1 Å². The lowest BCUT2D eigenvalue weighted by Crippen LogP contribution is -2.16. The Kier molecular flexibility index (Phi) is 3.61. The molecule has 0 heterocycles. The number of para-hydroxylation sites is 1. The molecule has 0 unspecified atom stereocenters. The van der Waals surface area contributed by atoms with Crippen molar-refractivity contribution in [2.45, 2.75) is 6.42 Å². The first-order chi connectivity index (χ1) is 9.09. The first-order valence-electron chi connectivity index (χ1n) is 5.85. The van der Waals surface area contributed by atoms with Crippen LogP contribution in [-0.4, -0.2) is 11.7 Å². The second-order valence-electron chi connectivity index (χ2n) is 4.22. The van der Waals surface area contributed by atoms with Crippen LogP contribution in [0.25, 0.3) is 0 Å². The van der Waals surface area contributed by atoms with Crippen molar-refractivity contribution >= 4 is 17.4 Å². The molecular formula is C15H14N2O2. The van der Waals surface area contributed by atoms with Gasteiger partial charge in [-0.15, -0.1) is 0 Å². The minimum Gasteiger partial charge on any atom is -0.397 e. The summed E-state index contributed by atoms with van der Waals surface area (Å²) in [6, 6.07) is 14.1. The smallest absolute Gasteiger partial charge is 0.250 e. The minimum absolute atomic E-state index is 0.133. The average molecular weight is 254 g/mol. The van der Waals surface area contributed by atoms with Crippen molar-refractivity contribution in [2.75, 3.05) is 5.73 Å². The van der Waals surface area contributed by atoms with E-state index in [1.807, 2.05) is 30.3 Å². The molecule has 2 aromatic carbocycles. The van der Waals surface area contributed by atoms with Gasteiger partial charge >= 0.3 is 0 Å². The van der Waals surface area contributed by atoms with Crippen molar-refractivity contribution in [1.82, 2.24) is 0 Å². The third-order valence-corrected chi connectivity index (χ3v) is 2.88. The van der Waals surface area contributed by atoms with Gasteiger partial charge in [0.05, 0.1) is 11.3 Å². The summed E-state index contributed by atoms with van der Waals surface area (Å²) in [4.78, 5) is 23.4. The predicted molar refractivity (Wildman–Crippen MR) is 73.8 cm³/mol. The average Bonchev–Trinajstić information content (AvgIpc) is 2.39. The van der Waals surface area contributed by atoms with Crippen LogP contribution in [0.1, 0.15) is 26.3 Å². The lowest BCUT2D eigenvalue weighted by atomic mass is 9.99. The summed E-state index contributed by atoms with van der Waals surface area (Å²) in [7, 11) is 0. The Morgan fingerprint density at radius 1 is 0.895 bits per heavy atom. The van der Waals surface area contributed by atoms with Crippen LogP contribution in [0.4, 0.5) is 5.69 Å². The Morgan fingerprint density at radius 2 is 1.53 bits per heavy atom. The summed E-state index contributed by atoms with van der Waals surface area (Å²) >= 11 is 0. The standard InChI is InChI=1S/C15H14N2O2/c16-14-11(7-4-8-12(14)15(17)19)13(18)9-10-5-2-1-3-6-10/h1-8H,9,16H2,(H2,17,19). The summed E-state index contributed by atoms with van der Waals surface area (Å²) in [5.74, 6) is -0.765. The van der Waals surface area contributed by atoms with Gasteiger partial charge in [0.2, 0.25) is 0 Å². The summed E-state index contributed by atoms with van der Waals surface area (Å²) in [5, 5.41) is 0. The number of amides is 1. The SMILES string of the molecule is NC(=O)c1cccc(C(=O)Cc2ccccc2)c1N. The third-order valence-electron chi connectivity index (χ3n) is 2.88. The van der Waals surface area contributed by atoms with Gasteiger partial charge in [0.25, 0.3) is 5.91 Å². The molecule has 4 nitrogen and oxygen atoms in total. The van der Waals surface area contributed by atoms with Crippen LogP contribution in [0, 0.1) is 0 Å². The normalized spacial score (nSPS) is 10.1. The highest BCUT2D eigenvalue weighted by atomic mass is 16.1. The van der Waals surface area contributed by atoms with E-state index in [1.165, 1.54) is 6.07 Å². The molecule has 1 amide bonds. The fourth-order valence-corrected chi connectivity index (χ4v) is 1.90. The molecular weight excluding hydrogens is 240 g/mol. The zero-order chi connectivity index (χ0) is 13.8. The summed E-state index contributed by atoms with van der Waals surface area (Å²) in [6.07, 6.45) is 0.243. The summed E-state index contributed by atoms with van der Waals surface area (Å²) < 4.78 is 0. The molecule has 0 bridgehead atoms. The third kappa shape index (κ3) is 2.80. The molecule has 2 aromatic rings. The lowest BCUT2D eigenvalue weighted by Gasteiger charge is -2.08. The monoisotopic (exact) mass is 254 g/mol. The van der Waals surface area contributed by atoms with E-state index in [-0.39, 0.29) is 23.5 Å². The molecule has 0 aliphatic heterocycles. The van der Waals surface area contributed by atoms with Crippen LogP contribution in [-0.2, 0) is 6.42 Å². The maximum atomic E-state index is 12.2. The molecule has 0 atom stereocenters. The maximum absolute atomic E-state index is 12.2. The van der Waals surface area contributed by atoms with E-state index in [0.29, 0.717) is 5.56 Å². The number of rotatable bonds is 4. The van der Waals surface area contributed by atoms with Crippen LogP contribution in [0.3, 0.4) is 0 Å². The summed E-state index contributed by atoms with van der Waals surface area (Å²) in [5.41, 5.74) is 12.6. The van der Waals surface area contributed by atoms with Gasteiger partial charge in [-0.25, -0.2) is 0 Å². The molecule has 0 aliphatic carbocycles. The van der Waals surface area contributed by atoms with E-state index in [0.717, 1.165) is 5.56 Å². The van der Waals surface area contributed by atoms with Crippen LogP contribution in [0.2, 0.25) is 0 Å². The summed E-state index contributed by atoms with van der Waals surface area (Å²) in [6.45, 7) is 0. The quantitative estimate of drug-likeness (QED) is 0.644. The number of carbonyl (C=O) groups excluding carboxylic acids is 2. The van der Waals surface area contributed by atoms with Gasteiger partial charge in [-0.3, -0.25) is 9.59 Å². The molecule has 0 aromatic heterocycles. The number of nitrogen functional groups attached to an aromatic ring is 1. The Balaban J connectivity index is 2.30. The predicted octanol–water partition coefficient (Wildman–Crippen LogP) is 1.79. The topological polar surface area (TPSA) is 86.2 Å². The van der Waals surface area contributed by atoms with Gasteiger partial charge in [-0.05, 0) is 17.7 Å². The molecule has 2 rings (SSSR count). The number of hydrogen-bond acceptors (Lipinski definition) is 3. The van der Waals surface area contributed by atoms with E-state index < -0.39 is 5.91 Å². The number of benzene rings is 2. The number of anilines is 1. The van der Waals surface area contributed by atoms with Crippen molar-refractivity contribution in [1.29, 1.82) is 0 Å². The molecule has 96 valence electrons.